The molecular formula is C10H9F2N3O. The van der Waals surface area contributed by atoms with Crippen LogP contribution in [0.5, 0.6) is 0 Å². The van der Waals surface area contributed by atoms with Crippen molar-refractivity contribution >= 4 is 0 Å². The van der Waals surface area contributed by atoms with Crippen LogP contribution in [0, 0.1) is 0 Å². The lowest BCUT2D eigenvalue weighted by Gasteiger charge is -2.01. The average molecular weight is 225 g/mol. The van der Waals surface area contributed by atoms with Crippen LogP contribution in [0.2, 0.25) is 0 Å². The molecule has 0 saturated heterocycles. The molecule has 0 saturated carbocycles. The third-order valence-electron chi connectivity index (χ3n) is 2.12. The molecule has 2 aromatic heterocycles. The number of alkyl halides is 2. The normalized spacial score (nSPS) is 11.0. The van der Waals surface area contributed by atoms with Crippen molar-refractivity contribution in [2.45, 2.75) is 13.2 Å². The summed E-state index contributed by atoms with van der Waals surface area (Å²) in [5.74, 6) is 0. The van der Waals surface area contributed by atoms with E-state index < -0.39 is 13.2 Å². The van der Waals surface area contributed by atoms with Crippen LogP contribution in [0.25, 0.3) is 11.3 Å². The summed E-state index contributed by atoms with van der Waals surface area (Å²) in [6.07, 6.45) is 3.11. The maximum atomic E-state index is 12.5. The smallest absolute Gasteiger partial charge is 0.333 e. The van der Waals surface area contributed by atoms with Gasteiger partial charge in [0.2, 0.25) is 0 Å². The molecule has 2 aromatic rings. The first-order valence-corrected chi connectivity index (χ1v) is 4.60. The third kappa shape index (κ3) is 1.92. The van der Waals surface area contributed by atoms with Gasteiger partial charge in [0.15, 0.2) is 0 Å². The predicted octanol–water partition coefficient (Wildman–Crippen LogP) is 1.83. The number of aliphatic hydroxyl groups is 1. The summed E-state index contributed by atoms with van der Waals surface area (Å²) in [4.78, 5) is 3.87. The molecule has 0 fully saturated rings. The van der Waals surface area contributed by atoms with Crippen molar-refractivity contribution < 1.29 is 13.9 Å². The number of hydrogen-bond donors (Lipinski definition) is 1. The minimum Gasteiger partial charge on any atom is -0.390 e. The van der Waals surface area contributed by atoms with E-state index >= 15 is 0 Å². The van der Waals surface area contributed by atoms with Crippen molar-refractivity contribution in [3.63, 3.8) is 0 Å². The minimum atomic E-state index is -2.76. The highest BCUT2D eigenvalue weighted by atomic mass is 19.3. The van der Waals surface area contributed by atoms with E-state index in [-0.39, 0.29) is 5.69 Å². The first-order valence-electron chi connectivity index (χ1n) is 4.60. The van der Waals surface area contributed by atoms with Gasteiger partial charge < -0.3 is 5.11 Å². The fraction of sp³-hybridized carbons (Fsp3) is 0.200. The lowest BCUT2D eigenvalue weighted by Crippen LogP contribution is -2.05. The summed E-state index contributed by atoms with van der Waals surface area (Å²) in [6.45, 7) is -3.23. The third-order valence-corrected chi connectivity index (χ3v) is 2.12. The fourth-order valence-corrected chi connectivity index (χ4v) is 1.38. The van der Waals surface area contributed by atoms with Gasteiger partial charge in [-0.2, -0.15) is 13.9 Å². The van der Waals surface area contributed by atoms with Gasteiger partial charge in [0.05, 0.1) is 18.0 Å². The maximum Gasteiger partial charge on any atom is 0.333 e. The van der Waals surface area contributed by atoms with Gasteiger partial charge in [-0.05, 0) is 18.2 Å². The maximum absolute atomic E-state index is 12.5. The van der Waals surface area contributed by atoms with E-state index in [2.05, 4.69) is 10.1 Å². The molecule has 2 heterocycles. The second-order valence-electron chi connectivity index (χ2n) is 3.14. The second kappa shape index (κ2) is 4.36. The molecule has 0 aliphatic heterocycles. The van der Waals surface area contributed by atoms with Crippen LogP contribution in [0.1, 0.15) is 12.2 Å². The molecule has 0 amide bonds. The summed E-state index contributed by atoms with van der Waals surface area (Å²) in [6, 6.07) is 4.82. The topological polar surface area (TPSA) is 50.9 Å². The number of aliphatic hydroxyl groups excluding tert-OH is 1. The fourth-order valence-electron chi connectivity index (χ4n) is 1.38. The highest BCUT2D eigenvalue weighted by Gasteiger charge is 2.15. The first-order chi connectivity index (χ1) is 7.72. The summed E-state index contributed by atoms with van der Waals surface area (Å²) in [5.41, 5.74) is 1.09. The second-order valence-corrected chi connectivity index (χ2v) is 3.14. The Morgan fingerprint density at radius 2 is 2.25 bits per heavy atom. The van der Waals surface area contributed by atoms with Gasteiger partial charge in [-0.3, -0.25) is 4.98 Å². The van der Waals surface area contributed by atoms with Gasteiger partial charge >= 0.3 is 6.55 Å². The molecule has 0 atom stereocenters. The lowest BCUT2D eigenvalue weighted by molar-refractivity contribution is 0.0492. The largest absolute Gasteiger partial charge is 0.390 e. The Kier molecular flexibility index (Phi) is 2.91. The summed E-state index contributed by atoms with van der Waals surface area (Å²) >= 11 is 0. The molecule has 0 unspecified atom stereocenters. The van der Waals surface area contributed by atoms with Crippen LogP contribution >= 0.6 is 0 Å². The number of rotatable bonds is 3. The average Bonchev–Trinajstić information content (AvgIpc) is 2.74. The molecule has 0 aromatic carbocycles. The highest BCUT2D eigenvalue weighted by molar-refractivity contribution is 5.57. The van der Waals surface area contributed by atoms with Gasteiger partial charge in [-0.25, -0.2) is 4.68 Å². The molecular weight excluding hydrogens is 216 g/mol. The van der Waals surface area contributed by atoms with Crippen LogP contribution < -0.4 is 0 Å². The zero-order chi connectivity index (χ0) is 11.5. The van der Waals surface area contributed by atoms with E-state index in [1.165, 1.54) is 12.3 Å². The van der Waals surface area contributed by atoms with Crippen LogP contribution in [-0.4, -0.2) is 19.9 Å². The van der Waals surface area contributed by atoms with E-state index in [0.717, 1.165) is 0 Å². The van der Waals surface area contributed by atoms with Gasteiger partial charge in [-0.15, -0.1) is 0 Å². The Hall–Kier alpha value is -1.82. The Bertz CT molecular complexity index is 470. The van der Waals surface area contributed by atoms with Crippen molar-refractivity contribution in [3.05, 3.63) is 36.3 Å². The highest BCUT2D eigenvalue weighted by Crippen LogP contribution is 2.21. The van der Waals surface area contributed by atoms with Crippen molar-refractivity contribution in [2.75, 3.05) is 0 Å². The number of hydrogen-bond acceptors (Lipinski definition) is 3. The number of halogens is 2. The van der Waals surface area contributed by atoms with Crippen LogP contribution in [0.4, 0.5) is 8.78 Å². The van der Waals surface area contributed by atoms with Crippen LogP contribution in [-0.2, 0) is 6.61 Å². The van der Waals surface area contributed by atoms with Gasteiger partial charge in [0.1, 0.15) is 0 Å². The van der Waals surface area contributed by atoms with Crippen molar-refractivity contribution in [1.82, 2.24) is 14.8 Å². The summed E-state index contributed by atoms with van der Waals surface area (Å²) < 4.78 is 25.5. The van der Waals surface area contributed by atoms with Crippen molar-refractivity contribution in [3.8, 4) is 11.3 Å². The standard InChI is InChI=1S/C10H9F2N3O/c11-10(12)15-8(6-16)4-9(14-15)7-2-1-3-13-5-7/h1-5,10,16H,6H2. The molecule has 6 heteroatoms. The summed E-state index contributed by atoms with van der Waals surface area (Å²) in [5, 5.41) is 12.6. The monoisotopic (exact) mass is 225 g/mol. The SMILES string of the molecule is OCc1cc(-c2cccnc2)nn1C(F)F. The zero-order valence-corrected chi connectivity index (χ0v) is 8.22. The molecule has 16 heavy (non-hydrogen) atoms. The Morgan fingerprint density at radius 1 is 1.44 bits per heavy atom. The Morgan fingerprint density at radius 3 is 2.75 bits per heavy atom. The molecule has 0 radical (unpaired) electrons. The Labute approximate surface area is 90.2 Å². The van der Waals surface area contributed by atoms with E-state index in [1.807, 2.05) is 0 Å². The number of nitrogens with zero attached hydrogens (tertiary/aromatic N) is 3. The molecule has 1 N–H and O–H groups in total. The van der Waals surface area contributed by atoms with Crippen molar-refractivity contribution in [1.29, 1.82) is 0 Å². The quantitative estimate of drug-likeness (QED) is 0.867. The van der Waals surface area contributed by atoms with Gasteiger partial charge in [0, 0.05) is 18.0 Å². The number of pyridine rings is 1. The molecule has 0 spiro atoms. The molecule has 84 valence electrons. The van der Waals surface area contributed by atoms with Crippen LogP contribution in [0.3, 0.4) is 0 Å². The predicted molar refractivity (Wildman–Crippen MR) is 52.6 cm³/mol. The van der Waals surface area contributed by atoms with Crippen molar-refractivity contribution in [2.24, 2.45) is 0 Å². The zero-order valence-electron chi connectivity index (χ0n) is 8.22. The molecule has 2 rings (SSSR count). The molecule has 0 bridgehead atoms. The lowest BCUT2D eigenvalue weighted by atomic mass is 10.2. The molecule has 0 aliphatic carbocycles. The first kappa shape index (κ1) is 10.7. The van der Waals surface area contributed by atoms with E-state index in [4.69, 9.17) is 5.11 Å². The van der Waals surface area contributed by atoms with E-state index in [9.17, 15) is 8.78 Å². The minimum absolute atomic E-state index is 0.0776. The van der Waals surface area contributed by atoms with Crippen LogP contribution in [0.15, 0.2) is 30.6 Å². The van der Waals surface area contributed by atoms with Gasteiger partial charge in [0.25, 0.3) is 0 Å². The van der Waals surface area contributed by atoms with E-state index in [1.54, 1.807) is 18.3 Å². The van der Waals surface area contributed by atoms with Gasteiger partial charge in [-0.1, -0.05) is 0 Å². The summed E-state index contributed by atoms with van der Waals surface area (Å²) in [7, 11) is 0. The number of aromatic nitrogens is 3. The Balaban J connectivity index is 2.44. The molecule has 4 nitrogen and oxygen atoms in total. The molecule has 0 aliphatic rings. The van der Waals surface area contributed by atoms with E-state index in [0.29, 0.717) is 15.9 Å².